The summed E-state index contributed by atoms with van der Waals surface area (Å²) in [5.41, 5.74) is 1.04. The SMILES string of the molecule is Cc1ccc(S(=O)(=O)O[C@@H]2C[C@@H](C)CC[C@H]2C(C)C)cc1. The van der Waals surface area contributed by atoms with Gasteiger partial charge >= 0.3 is 0 Å². The summed E-state index contributed by atoms with van der Waals surface area (Å²) >= 11 is 0. The molecule has 0 spiro atoms. The van der Waals surface area contributed by atoms with Crippen LogP contribution in [0.4, 0.5) is 0 Å². The van der Waals surface area contributed by atoms with Gasteiger partial charge in [-0.2, -0.15) is 8.42 Å². The molecule has 0 bridgehead atoms. The van der Waals surface area contributed by atoms with E-state index in [1.165, 1.54) is 0 Å². The van der Waals surface area contributed by atoms with Gasteiger partial charge in [0.1, 0.15) is 0 Å². The van der Waals surface area contributed by atoms with E-state index in [4.69, 9.17) is 4.18 Å². The van der Waals surface area contributed by atoms with E-state index in [9.17, 15) is 8.42 Å². The highest BCUT2D eigenvalue weighted by Crippen LogP contribution is 2.36. The predicted molar refractivity (Wildman–Crippen MR) is 84.6 cm³/mol. The van der Waals surface area contributed by atoms with E-state index in [-0.39, 0.29) is 11.0 Å². The molecule has 0 saturated heterocycles. The molecule has 1 aromatic rings. The molecule has 1 fully saturated rings. The first-order valence-corrected chi connectivity index (χ1v) is 9.20. The molecular formula is C17H26O3S. The molecule has 1 aliphatic rings. The highest BCUT2D eigenvalue weighted by molar-refractivity contribution is 7.86. The van der Waals surface area contributed by atoms with Gasteiger partial charge in [0.05, 0.1) is 11.0 Å². The molecule has 0 amide bonds. The van der Waals surface area contributed by atoms with Crippen LogP contribution in [0.2, 0.25) is 0 Å². The summed E-state index contributed by atoms with van der Waals surface area (Å²) in [6.45, 7) is 8.41. The summed E-state index contributed by atoms with van der Waals surface area (Å²) in [5, 5.41) is 0. The quantitative estimate of drug-likeness (QED) is 0.784. The molecule has 118 valence electrons. The minimum absolute atomic E-state index is 0.194. The molecule has 1 aliphatic carbocycles. The Morgan fingerprint density at radius 1 is 1.14 bits per heavy atom. The third-order valence-corrected chi connectivity index (χ3v) is 5.87. The summed E-state index contributed by atoms with van der Waals surface area (Å²) in [5.74, 6) is 1.29. The molecule has 3 nitrogen and oxygen atoms in total. The van der Waals surface area contributed by atoms with Crippen LogP contribution in [0, 0.1) is 24.7 Å². The van der Waals surface area contributed by atoms with E-state index in [2.05, 4.69) is 20.8 Å². The molecule has 1 aromatic carbocycles. The van der Waals surface area contributed by atoms with Crippen LogP contribution in [-0.2, 0) is 14.3 Å². The first-order valence-electron chi connectivity index (χ1n) is 7.79. The topological polar surface area (TPSA) is 43.4 Å². The Hall–Kier alpha value is -0.870. The molecule has 3 atom stereocenters. The van der Waals surface area contributed by atoms with Crippen LogP contribution in [-0.4, -0.2) is 14.5 Å². The van der Waals surface area contributed by atoms with Crippen molar-refractivity contribution in [2.45, 2.75) is 58.0 Å². The number of aryl methyl sites for hydroxylation is 1. The second-order valence-electron chi connectivity index (χ2n) is 6.73. The van der Waals surface area contributed by atoms with E-state index in [1.807, 2.05) is 6.92 Å². The predicted octanol–water partition coefficient (Wildman–Crippen LogP) is 4.16. The van der Waals surface area contributed by atoms with Crippen molar-refractivity contribution in [3.63, 3.8) is 0 Å². The van der Waals surface area contributed by atoms with Gasteiger partial charge in [-0.05, 0) is 49.7 Å². The van der Waals surface area contributed by atoms with Crippen molar-refractivity contribution in [2.75, 3.05) is 0 Å². The average Bonchev–Trinajstić information content (AvgIpc) is 2.38. The van der Waals surface area contributed by atoms with E-state index >= 15 is 0 Å². The van der Waals surface area contributed by atoms with Crippen LogP contribution in [0.1, 0.15) is 45.6 Å². The lowest BCUT2D eigenvalue weighted by Crippen LogP contribution is -2.35. The number of hydrogen-bond donors (Lipinski definition) is 0. The van der Waals surface area contributed by atoms with Crippen LogP contribution in [0.3, 0.4) is 0 Å². The third kappa shape index (κ3) is 4.07. The zero-order chi connectivity index (χ0) is 15.6. The Morgan fingerprint density at radius 3 is 2.33 bits per heavy atom. The lowest BCUT2D eigenvalue weighted by atomic mass is 9.75. The van der Waals surface area contributed by atoms with Crippen LogP contribution in [0.15, 0.2) is 29.2 Å². The average molecular weight is 310 g/mol. The molecule has 0 aromatic heterocycles. The van der Waals surface area contributed by atoms with Crippen molar-refractivity contribution in [2.24, 2.45) is 17.8 Å². The lowest BCUT2D eigenvalue weighted by Gasteiger charge is -2.36. The Morgan fingerprint density at radius 2 is 1.76 bits per heavy atom. The van der Waals surface area contributed by atoms with Crippen molar-refractivity contribution < 1.29 is 12.6 Å². The third-order valence-electron chi connectivity index (χ3n) is 4.52. The van der Waals surface area contributed by atoms with Crippen LogP contribution < -0.4 is 0 Å². The van der Waals surface area contributed by atoms with E-state index in [1.54, 1.807) is 24.3 Å². The summed E-state index contributed by atoms with van der Waals surface area (Å²) in [7, 11) is -3.67. The van der Waals surface area contributed by atoms with Gasteiger partial charge in [0, 0.05) is 0 Å². The van der Waals surface area contributed by atoms with Crippen molar-refractivity contribution >= 4 is 10.1 Å². The highest BCUT2D eigenvalue weighted by Gasteiger charge is 2.35. The molecule has 2 rings (SSSR count). The molecule has 0 radical (unpaired) electrons. The smallest absolute Gasteiger partial charge is 0.263 e. The Labute approximate surface area is 128 Å². The maximum Gasteiger partial charge on any atom is 0.297 e. The first kappa shape index (κ1) is 16.5. The van der Waals surface area contributed by atoms with Crippen molar-refractivity contribution in [1.82, 2.24) is 0 Å². The van der Waals surface area contributed by atoms with Gasteiger partial charge in [-0.15, -0.1) is 0 Å². The maximum atomic E-state index is 12.5. The molecule has 0 N–H and O–H groups in total. The molecule has 0 unspecified atom stereocenters. The standard InChI is InChI=1S/C17H26O3S/c1-12(2)16-10-7-14(4)11-17(16)20-21(18,19)15-8-5-13(3)6-9-15/h5-6,8-9,12,14,16-17H,7,10-11H2,1-4H3/t14-,16-,17+/m0/s1. The van der Waals surface area contributed by atoms with Gasteiger partial charge in [-0.25, -0.2) is 0 Å². The molecular weight excluding hydrogens is 284 g/mol. The van der Waals surface area contributed by atoms with E-state index in [0.29, 0.717) is 17.8 Å². The monoisotopic (exact) mass is 310 g/mol. The minimum atomic E-state index is -3.67. The highest BCUT2D eigenvalue weighted by atomic mass is 32.2. The fourth-order valence-corrected chi connectivity index (χ4v) is 4.28. The molecule has 1 saturated carbocycles. The largest absolute Gasteiger partial charge is 0.297 e. The van der Waals surface area contributed by atoms with Crippen molar-refractivity contribution in [3.05, 3.63) is 29.8 Å². The van der Waals surface area contributed by atoms with Gasteiger partial charge in [0.25, 0.3) is 10.1 Å². The van der Waals surface area contributed by atoms with E-state index < -0.39 is 10.1 Å². The summed E-state index contributed by atoms with van der Waals surface area (Å²) in [4.78, 5) is 0.258. The maximum absolute atomic E-state index is 12.5. The zero-order valence-electron chi connectivity index (χ0n) is 13.4. The summed E-state index contributed by atoms with van der Waals surface area (Å²) in [6.07, 6.45) is 2.84. The van der Waals surface area contributed by atoms with Gasteiger partial charge in [-0.3, -0.25) is 4.18 Å². The van der Waals surface area contributed by atoms with Crippen LogP contribution in [0.25, 0.3) is 0 Å². The Balaban J connectivity index is 2.19. The molecule has 0 aliphatic heterocycles. The molecule has 21 heavy (non-hydrogen) atoms. The van der Waals surface area contributed by atoms with Crippen LogP contribution >= 0.6 is 0 Å². The summed E-state index contributed by atoms with van der Waals surface area (Å²) in [6, 6.07) is 6.86. The zero-order valence-corrected chi connectivity index (χ0v) is 14.2. The number of rotatable bonds is 4. The van der Waals surface area contributed by atoms with Crippen molar-refractivity contribution in [1.29, 1.82) is 0 Å². The number of benzene rings is 1. The number of hydrogen-bond acceptors (Lipinski definition) is 3. The first-order chi connectivity index (χ1) is 9.79. The minimum Gasteiger partial charge on any atom is -0.263 e. The Bertz CT molecular complexity index is 560. The fourth-order valence-electron chi connectivity index (χ4n) is 3.15. The van der Waals surface area contributed by atoms with Gasteiger partial charge in [0.15, 0.2) is 0 Å². The lowest BCUT2D eigenvalue weighted by molar-refractivity contribution is 0.0511. The van der Waals surface area contributed by atoms with Gasteiger partial charge in [0.2, 0.25) is 0 Å². The second-order valence-corrected chi connectivity index (χ2v) is 8.30. The van der Waals surface area contributed by atoms with Gasteiger partial charge in [-0.1, -0.05) is 44.9 Å². The fraction of sp³-hybridized carbons (Fsp3) is 0.647. The summed E-state index contributed by atoms with van der Waals surface area (Å²) < 4.78 is 30.5. The van der Waals surface area contributed by atoms with E-state index in [0.717, 1.165) is 24.8 Å². The van der Waals surface area contributed by atoms with Crippen molar-refractivity contribution in [3.8, 4) is 0 Å². The Kier molecular flexibility index (Phi) is 5.10. The second kappa shape index (κ2) is 6.49. The van der Waals surface area contributed by atoms with Gasteiger partial charge < -0.3 is 0 Å². The molecule has 4 heteroatoms. The van der Waals surface area contributed by atoms with Crippen LogP contribution in [0.5, 0.6) is 0 Å². The molecule has 0 heterocycles. The normalized spacial score (nSPS) is 27.0.